The minimum Gasteiger partial charge on any atom is -0.394 e. The second kappa shape index (κ2) is 6.57. The third-order valence-electron chi connectivity index (χ3n) is 3.05. The fourth-order valence-electron chi connectivity index (χ4n) is 2.16. The quantitative estimate of drug-likeness (QED) is 0.884. The summed E-state index contributed by atoms with van der Waals surface area (Å²) < 4.78 is 0.993. The maximum atomic E-state index is 12.3. The summed E-state index contributed by atoms with van der Waals surface area (Å²) in [6.07, 6.45) is 0.741. The van der Waals surface area contributed by atoms with Gasteiger partial charge in [0, 0.05) is 10.1 Å². The minimum atomic E-state index is -0.233. The van der Waals surface area contributed by atoms with Gasteiger partial charge in [0.15, 0.2) is 0 Å². The van der Waals surface area contributed by atoms with Gasteiger partial charge in [0.1, 0.15) is 4.88 Å². The Morgan fingerprint density at radius 1 is 1.40 bits per heavy atom. The largest absolute Gasteiger partial charge is 0.394 e. The van der Waals surface area contributed by atoms with Gasteiger partial charge < -0.3 is 10.4 Å². The van der Waals surface area contributed by atoms with E-state index in [2.05, 4.69) is 19.2 Å². The van der Waals surface area contributed by atoms with Crippen LogP contribution in [-0.2, 0) is 0 Å². The van der Waals surface area contributed by atoms with E-state index in [1.807, 2.05) is 24.3 Å². The summed E-state index contributed by atoms with van der Waals surface area (Å²) in [7, 11) is 0. The van der Waals surface area contributed by atoms with E-state index in [-0.39, 0.29) is 18.6 Å². The first-order valence-electron chi connectivity index (χ1n) is 6.61. The number of hydrogen-bond acceptors (Lipinski definition) is 3. The molecule has 5 heteroatoms. The van der Waals surface area contributed by atoms with Crippen molar-refractivity contribution >= 4 is 38.9 Å². The lowest BCUT2D eigenvalue weighted by Crippen LogP contribution is -2.38. The number of aliphatic hydroxyl groups is 1. The Bertz CT molecular complexity index is 609. The molecule has 2 rings (SSSR count). The number of halogens is 1. The van der Waals surface area contributed by atoms with Crippen molar-refractivity contribution < 1.29 is 9.90 Å². The van der Waals surface area contributed by atoms with Crippen molar-refractivity contribution in [2.24, 2.45) is 5.92 Å². The molecule has 0 aliphatic rings. The molecule has 1 heterocycles. The van der Waals surface area contributed by atoms with Gasteiger partial charge in [-0.2, -0.15) is 0 Å². The second-order valence-electron chi connectivity index (χ2n) is 5.22. The van der Waals surface area contributed by atoms with Crippen LogP contribution >= 0.6 is 22.9 Å². The van der Waals surface area contributed by atoms with Crippen LogP contribution in [0.25, 0.3) is 10.1 Å². The van der Waals surface area contributed by atoms with Crippen LogP contribution < -0.4 is 5.32 Å². The highest BCUT2D eigenvalue weighted by molar-refractivity contribution is 7.21. The van der Waals surface area contributed by atoms with E-state index in [1.54, 1.807) is 0 Å². The van der Waals surface area contributed by atoms with Crippen molar-refractivity contribution in [3.05, 3.63) is 34.2 Å². The SMILES string of the molecule is CC(C)CC(CO)NC(=O)c1sc2ccccc2c1Cl. The monoisotopic (exact) mass is 311 g/mol. The van der Waals surface area contributed by atoms with Gasteiger partial charge in [0.2, 0.25) is 0 Å². The Morgan fingerprint density at radius 2 is 2.10 bits per heavy atom. The normalized spacial score (nSPS) is 12.8. The number of nitrogens with one attached hydrogen (secondary N) is 1. The van der Waals surface area contributed by atoms with Crippen molar-refractivity contribution in [3.8, 4) is 0 Å². The number of amides is 1. The van der Waals surface area contributed by atoms with Crippen molar-refractivity contribution in [2.45, 2.75) is 26.3 Å². The van der Waals surface area contributed by atoms with Crippen LogP contribution in [0.2, 0.25) is 5.02 Å². The molecule has 2 aromatic rings. The predicted molar refractivity (Wildman–Crippen MR) is 84.6 cm³/mol. The summed E-state index contributed by atoms with van der Waals surface area (Å²) in [5.74, 6) is 0.196. The van der Waals surface area contributed by atoms with Crippen molar-refractivity contribution in [2.75, 3.05) is 6.61 Å². The highest BCUT2D eigenvalue weighted by atomic mass is 35.5. The van der Waals surface area contributed by atoms with Crippen LogP contribution in [-0.4, -0.2) is 23.7 Å². The van der Waals surface area contributed by atoms with Gasteiger partial charge in [-0.15, -0.1) is 11.3 Å². The van der Waals surface area contributed by atoms with Gasteiger partial charge in [-0.25, -0.2) is 0 Å². The van der Waals surface area contributed by atoms with E-state index in [0.29, 0.717) is 15.8 Å². The molecule has 0 spiro atoms. The molecule has 3 nitrogen and oxygen atoms in total. The molecule has 20 heavy (non-hydrogen) atoms. The second-order valence-corrected chi connectivity index (χ2v) is 6.65. The smallest absolute Gasteiger partial charge is 0.263 e. The number of aliphatic hydroxyl groups excluding tert-OH is 1. The zero-order chi connectivity index (χ0) is 14.7. The Hall–Kier alpha value is -1.10. The lowest BCUT2D eigenvalue weighted by atomic mass is 10.0. The van der Waals surface area contributed by atoms with Gasteiger partial charge >= 0.3 is 0 Å². The summed E-state index contributed by atoms with van der Waals surface area (Å²) in [6.45, 7) is 4.05. The van der Waals surface area contributed by atoms with Gasteiger partial charge in [-0.1, -0.05) is 43.6 Å². The number of rotatable bonds is 5. The maximum absolute atomic E-state index is 12.3. The number of benzene rings is 1. The summed E-state index contributed by atoms with van der Waals surface area (Å²) in [5.41, 5.74) is 0. The molecule has 1 atom stereocenters. The van der Waals surface area contributed by atoms with E-state index in [4.69, 9.17) is 11.6 Å². The molecular weight excluding hydrogens is 294 g/mol. The standard InChI is InChI=1S/C15H18ClNO2S/c1-9(2)7-10(8-18)17-15(19)14-13(16)11-5-3-4-6-12(11)20-14/h3-6,9-10,18H,7-8H2,1-2H3,(H,17,19). The number of carbonyl (C=O) groups is 1. The van der Waals surface area contributed by atoms with Crippen molar-refractivity contribution in [1.82, 2.24) is 5.32 Å². The summed E-state index contributed by atoms with van der Waals surface area (Å²) >= 11 is 7.65. The van der Waals surface area contributed by atoms with E-state index in [1.165, 1.54) is 11.3 Å². The Kier molecular flexibility index (Phi) is 5.02. The number of hydrogen-bond donors (Lipinski definition) is 2. The zero-order valence-corrected chi connectivity index (χ0v) is 13.1. The number of carbonyl (C=O) groups excluding carboxylic acids is 1. The van der Waals surface area contributed by atoms with Gasteiger partial charge in [0.25, 0.3) is 5.91 Å². The molecule has 108 valence electrons. The molecule has 0 fully saturated rings. The van der Waals surface area contributed by atoms with Crippen LogP contribution in [0, 0.1) is 5.92 Å². The first-order chi connectivity index (χ1) is 9.52. The lowest BCUT2D eigenvalue weighted by Gasteiger charge is -2.17. The van der Waals surface area contributed by atoms with Crippen molar-refractivity contribution in [3.63, 3.8) is 0 Å². The molecule has 0 aliphatic heterocycles. The number of fused-ring (bicyclic) bond motifs is 1. The molecular formula is C15H18ClNO2S. The Morgan fingerprint density at radius 3 is 2.70 bits per heavy atom. The van der Waals surface area contributed by atoms with Gasteiger partial charge in [-0.05, 0) is 18.4 Å². The molecule has 0 aliphatic carbocycles. The lowest BCUT2D eigenvalue weighted by molar-refractivity contribution is 0.0912. The third-order valence-corrected chi connectivity index (χ3v) is 4.73. The topological polar surface area (TPSA) is 49.3 Å². The van der Waals surface area contributed by atoms with Crippen LogP contribution in [0.5, 0.6) is 0 Å². The molecule has 0 saturated carbocycles. The average molecular weight is 312 g/mol. The molecule has 1 amide bonds. The molecule has 1 aromatic carbocycles. The fourth-order valence-corrected chi connectivity index (χ4v) is 3.58. The highest BCUT2D eigenvalue weighted by Crippen LogP contribution is 2.35. The van der Waals surface area contributed by atoms with Crippen molar-refractivity contribution in [1.29, 1.82) is 0 Å². The van der Waals surface area contributed by atoms with Crippen LogP contribution in [0.1, 0.15) is 29.9 Å². The van der Waals surface area contributed by atoms with Gasteiger partial charge in [-0.3, -0.25) is 4.79 Å². The predicted octanol–water partition coefficient (Wildman–Crippen LogP) is 3.69. The van der Waals surface area contributed by atoms with Crippen LogP contribution in [0.3, 0.4) is 0 Å². The summed E-state index contributed by atoms with van der Waals surface area (Å²) in [5, 5.41) is 13.6. The summed E-state index contributed by atoms with van der Waals surface area (Å²) in [4.78, 5) is 12.8. The molecule has 0 saturated heterocycles. The fraction of sp³-hybridized carbons (Fsp3) is 0.400. The first-order valence-corrected chi connectivity index (χ1v) is 7.81. The summed E-state index contributed by atoms with van der Waals surface area (Å²) in [6, 6.07) is 7.44. The van der Waals surface area contributed by atoms with Crippen LogP contribution in [0.15, 0.2) is 24.3 Å². The molecule has 0 bridgehead atoms. The van der Waals surface area contributed by atoms with Gasteiger partial charge in [0.05, 0.1) is 17.7 Å². The van der Waals surface area contributed by atoms with E-state index in [0.717, 1.165) is 16.5 Å². The highest BCUT2D eigenvalue weighted by Gasteiger charge is 2.20. The van der Waals surface area contributed by atoms with E-state index < -0.39 is 0 Å². The third kappa shape index (κ3) is 3.32. The van der Waals surface area contributed by atoms with E-state index in [9.17, 15) is 9.90 Å². The minimum absolute atomic E-state index is 0.0631. The maximum Gasteiger partial charge on any atom is 0.263 e. The molecule has 0 radical (unpaired) electrons. The average Bonchev–Trinajstić information content (AvgIpc) is 2.75. The molecule has 2 N–H and O–H groups in total. The van der Waals surface area contributed by atoms with Crippen LogP contribution in [0.4, 0.5) is 0 Å². The zero-order valence-electron chi connectivity index (χ0n) is 11.5. The Balaban J connectivity index is 2.20. The number of thiophene rings is 1. The van der Waals surface area contributed by atoms with E-state index >= 15 is 0 Å². The molecule has 1 unspecified atom stereocenters. The Labute approximate surface area is 127 Å². The first kappa shape index (κ1) is 15.3. The molecule has 1 aromatic heterocycles.